The van der Waals surface area contributed by atoms with E-state index >= 15 is 0 Å². The molecule has 2 N–H and O–H groups in total. The first-order chi connectivity index (χ1) is 9.49. The van der Waals surface area contributed by atoms with E-state index in [1.807, 2.05) is 0 Å². The second-order valence-corrected chi connectivity index (χ2v) is 5.95. The molecule has 0 fully saturated rings. The Bertz CT molecular complexity index is 401. The minimum absolute atomic E-state index is 0.329. The van der Waals surface area contributed by atoms with E-state index in [1.165, 1.54) is 16.7 Å². The van der Waals surface area contributed by atoms with E-state index in [2.05, 4.69) is 62.9 Å². The molecule has 3 nitrogen and oxygen atoms in total. The van der Waals surface area contributed by atoms with E-state index in [1.54, 1.807) is 0 Å². The average molecular weight is 277 g/mol. The second kappa shape index (κ2) is 8.40. The number of aryl methyl sites for hydroxylation is 2. The third-order valence-corrected chi connectivity index (χ3v) is 3.79. The number of hydrogen-bond donors (Lipinski definition) is 1. The molecule has 0 radical (unpaired) electrons. The number of likely N-dealkylation sites (N-methyl/N-ethyl adjacent to an activating group) is 1. The summed E-state index contributed by atoms with van der Waals surface area (Å²) < 4.78 is 0. The first kappa shape index (κ1) is 17.2. The van der Waals surface area contributed by atoms with Crippen molar-refractivity contribution in [3.05, 3.63) is 34.9 Å². The molecule has 0 aliphatic rings. The summed E-state index contributed by atoms with van der Waals surface area (Å²) in [4.78, 5) is 4.76. The van der Waals surface area contributed by atoms with Crippen molar-refractivity contribution in [2.45, 2.75) is 33.2 Å². The number of benzene rings is 1. The number of hydrogen-bond acceptors (Lipinski definition) is 3. The average Bonchev–Trinajstić information content (AvgIpc) is 2.38. The molecule has 0 spiro atoms. The summed E-state index contributed by atoms with van der Waals surface area (Å²) in [5.41, 5.74) is 10.1. The van der Waals surface area contributed by atoms with Crippen LogP contribution in [0.15, 0.2) is 18.2 Å². The van der Waals surface area contributed by atoms with Gasteiger partial charge in [-0.3, -0.25) is 4.90 Å². The minimum Gasteiger partial charge on any atom is -0.329 e. The Morgan fingerprint density at radius 2 is 1.80 bits per heavy atom. The third-order valence-electron chi connectivity index (χ3n) is 3.79. The lowest BCUT2D eigenvalue weighted by Gasteiger charge is -2.33. The van der Waals surface area contributed by atoms with Crippen molar-refractivity contribution >= 4 is 0 Å². The molecule has 1 atom stereocenters. The standard InChI is InChI=1S/C17H31N3/c1-6-9-20(11-10-19(4)5)17(13-18)16-8-7-14(2)12-15(16)3/h7-8,12,17H,6,9-11,13,18H2,1-5H3. The number of nitrogens with zero attached hydrogens (tertiary/aromatic N) is 2. The highest BCUT2D eigenvalue weighted by atomic mass is 15.2. The molecule has 0 saturated carbocycles. The minimum atomic E-state index is 0.329. The van der Waals surface area contributed by atoms with Gasteiger partial charge < -0.3 is 10.6 Å². The molecular weight excluding hydrogens is 246 g/mol. The van der Waals surface area contributed by atoms with Crippen LogP contribution in [0.3, 0.4) is 0 Å². The molecule has 0 bridgehead atoms. The van der Waals surface area contributed by atoms with E-state index in [-0.39, 0.29) is 0 Å². The van der Waals surface area contributed by atoms with Gasteiger partial charge in [-0.25, -0.2) is 0 Å². The van der Waals surface area contributed by atoms with Gasteiger partial charge in [-0.05, 0) is 52.0 Å². The Balaban J connectivity index is 2.93. The Kier molecular flexibility index (Phi) is 7.20. The molecular formula is C17H31N3. The Morgan fingerprint density at radius 3 is 2.30 bits per heavy atom. The Labute approximate surface area is 124 Å². The van der Waals surface area contributed by atoms with Gasteiger partial charge in [0.2, 0.25) is 0 Å². The summed E-state index contributed by atoms with van der Waals surface area (Å²) in [5, 5.41) is 0. The van der Waals surface area contributed by atoms with Crippen LogP contribution in [0.5, 0.6) is 0 Å². The van der Waals surface area contributed by atoms with E-state index in [0.29, 0.717) is 12.6 Å². The third kappa shape index (κ3) is 4.89. The molecule has 1 aromatic carbocycles. The highest BCUT2D eigenvalue weighted by Gasteiger charge is 2.19. The van der Waals surface area contributed by atoms with Gasteiger partial charge in [0, 0.05) is 25.7 Å². The number of rotatable bonds is 8. The fourth-order valence-corrected chi connectivity index (χ4v) is 2.71. The second-order valence-electron chi connectivity index (χ2n) is 5.95. The van der Waals surface area contributed by atoms with Crippen molar-refractivity contribution < 1.29 is 0 Å². The van der Waals surface area contributed by atoms with Crippen molar-refractivity contribution in [3.8, 4) is 0 Å². The predicted molar refractivity (Wildman–Crippen MR) is 88.1 cm³/mol. The quantitative estimate of drug-likeness (QED) is 0.793. The Hall–Kier alpha value is -0.900. The van der Waals surface area contributed by atoms with Crippen LogP contribution in [0.1, 0.15) is 36.1 Å². The monoisotopic (exact) mass is 277 g/mol. The summed E-state index contributed by atoms with van der Waals surface area (Å²) >= 11 is 0. The maximum absolute atomic E-state index is 6.09. The molecule has 1 aromatic rings. The molecule has 0 amide bonds. The topological polar surface area (TPSA) is 32.5 Å². The zero-order chi connectivity index (χ0) is 15.1. The normalized spacial score (nSPS) is 13.2. The van der Waals surface area contributed by atoms with Gasteiger partial charge in [-0.1, -0.05) is 30.7 Å². The van der Waals surface area contributed by atoms with Crippen LogP contribution in [0.25, 0.3) is 0 Å². The largest absolute Gasteiger partial charge is 0.329 e. The van der Waals surface area contributed by atoms with E-state index in [0.717, 1.165) is 26.1 Å². The van der Waals surface area contributed by atoms with Gasteiger partial charge in [0.15, 0.2) is 0 Å². The lowest BCUT2D eigenvalue weighted by molar-refractivity contribution is 0.182. The van der Waals surface area contributed by atoms with Crippen LogP contribution in [-0.2, 0) is 0 Å². The molecule has 3 heteroatoms. The Morgan fingerprint density at radius 1 is 1.10 bits per heavy atom. The van der Waals surface area contributed by atoms with Gasteiger partial charge in [0.05, 0.1) is 0 Å². The maximum Gasteiger partial charge on any atom is 0.0473 e. The fraction of sp³-hybridized carbons (Fsp3) is 0.647. The molecule has 0 aliphatic heterocycles. The van der Waals surface area contributed by atoms with Crippen molar-refractivity contribution in [1.29, 1.82) is 0 Å². The van der Waals surface area contributed by atoms with Gasteiger partial charge in [-0.2, -0.15) is 0 Å². The highest BCUT2D eigenvalue weighted by molar-refractivity contribution is 5.33. The van der Waals surface area contributed by atoms with Crippen LogP contribution in [-0.4, -0.2) is 50.1 Å². The van der Waals surface area contributed by atoms with Crippen molar-refractivity contribution in [2.24, 2.45) is 5.73 Å². The molecule has 114 valence electrons. The van der Waals surface area contributed by atoms with Crippen LogP contribution in [0.4, 0.5) is 0 Å². The molecule has 1 rings (SSSR count). The number of nitrogens with two attached hydrogens (primary N) is 1. The molecule has 1 unspecified atom stereocenters. The van der Waals surface area contributed by atoms with Gasteiger partial charge in [0.25, 0.3) is 0 Å². The van der Waals surface area contributed by atoms with Gasteiger partial charge in [0.1, 0.15) is 0 Å². The van der Waals surface area contributed by atoms with Gasteiger partial charge in [-0.15, -0.1) is 0 Å². The van der Waals surface area contributed by atoms with Crippen LogP contribution >= 0.6 is 0 Å². The summed E-state index contributed by atoms with van der Waals surface area (Å²) in [6.45, 7) is 10.5. The zero-order valence-electron chi connectivity index (χ0n) is 13.8. The summed E-state index contributed by atoms with van der Waals surface area (Å²) in [5.74, 6) is 0. The molecule has 20 heavy (non-hydrogen) atoms. The van der Waals surface area contributed by atoms with Crippen LogP contribution < -0.4 is 5.73 Å². The van der Waals surface area contributed by atoms with Crippen molar-refractivity contribution in [2.75, 3.05) is 40.3 Å². The molecule has 0 heterocycles. The lowest BCUT2D eigenvalue weighted by atomic mass is 9.97. The smallest absolute Gasteiger partial charge is 0.0473 e. The van der Waals surface area contributed by atoms with E-state index in [4.69, 9.17) is 5.73 Å². The van der Waals surface area contributed by atoms with E-state index in [9.17, 15) is 0 Å². The summed E-state index contributed by atoms with van der Waals surface area (Å²) in [6.07, 6.45) is 1.16. The molecule has 0 saturated heterocycles. The maximum atomic E-state index is 6.09. The first-order valence-corrected chi connectivity index (χ1v) is 7.65. The van der Waals surface area contributed by atoms with Crippen LogP contribution in [0, 0.1) is 13.8 Å². The molecule has 0 aromatic heterocycles. The predicted octanol–water partition coefficient (Wildman–Crippen LogP) is 2.58. The van der Waals surface area contributed by atoms with Crippen molar-refractivity contribution in [3.63, 3.8) is 0 Å². The molecule has 0 aliphatic carbocycles. The fourth-order valence-electron chi connectivity index (χ4n) is 2.71. The first-order valence-electron chi connectivity index (χ1n) is 7.65. The van der Waals surface area contributed by atoms with E-state index < -0.39 is 0 Å². The lowest BCUT2D eigenvalue weighted by Crippen LogP contribution is -2.39. The highest BCUT2D eigenvalue weighted by Crippen LogP contribution is 2.24. The van der Waals surface area contributed by atoms with Gasteiger partial charge >= 0.3 is 0 Å². The van der Waals surface area contributed by atoms with Crippen molar-refractivity contribution in [1.82, 2.24) is 9.80 Å². The summed E-state index contributed by atoms with van der Waals surface area (Å²) in [7, 11) is 4.25. The van der Waals surface area contributed by atoms with Crippen LogP contribution in [0.2, 0.25) is 0 Å². The zero-order valence-corrected chi connectivity index (χ0v) is 13.8. The SMILES string of the molecule is CCCN(CCN(C)C)C(CN)c1ccc(C)cc1C. The summed E-state index contributed by atoms with van der Waals surface area (Å²) in [6, 6.07) is 7.03.